The van der Waals surface area contributed by atoms with E-state index in [1.54, 1.807) is 0 Å². The summed E-state index contributed by atoms with van der Waals surface area (Å²) >= 11 is 6.93. The Labute approximate surface area is 143 Å². The van der Waals surface area contributed by atoms with E-state index in [1.807, 2.05) is 0 Å². The summed E-state index contributed by atoms with van der Waals surface area (Å²) in [6, 6.07) is 4.23. The summed E-state index contributed by atoms with van der Waals surface area (Å²) in [5.41, 5.74) is 1.07. The third-order valence-corrected chi connectivity index (χ3v) is 4.23. The summed E-state index contributed by atoms with van der Waals surface area (Å²) in [6.45, 7) is 8.41. The molecule has 0 unspecified atom stereocenters. The van der Waals surface area contributed by atoms with Crippen LogP contribution in [0.15, 0.2) is 24.3 Å². The molecule has 0 saturated heterocycles. The maximum atomic E-state index is 5.82. The summed E-state index contributed by atoms with van der Waals surface area (Å²) in [5, 5.41) is 3.24. The molecule has 0 fully saturated rings. The maximum Gasteiger partial charge on any atom is 0.146 e. The van der Waals surface area contributed by atoms with Crippen LogP contribution in [0.5, 0.6) is 5.75 Å². The predicted octanol–water partition coefficient (Wildman–Crippen LogP) is 4.04. The lowest BCUT2D eigenvalue weighted by Gasteiger charge is -2.12. The third kappa shape index (κ3) is 5.60. The Morgan fingerprint density at radius 2 is 1.88 bits per heavy atom. The van der Waals surface area contributed by atoms with E-state index in [9.17, 15) is 0 Å². The molecule has 0 aliphatic carbocycles. The molecule has 1 N–H and O–H groups in total. The number of benzene rings is 1. The van der Waals surface area contributed by atoms with E-state index in [1.165, 1.54) is 3.57 Å². The molecule has 5 heteroatoms. The van der Waals surface area contributed by atoms with Crippen molar-refractivity contribution in [3.05, 3.63) is 35.0 Å². The Hall–Kier alpha value is 0.910. The van der Waals surface area contributed by atoms with Gasteiger partial charge in [-0.25, -0.2) is 0 Å². The minimum atomic E-state index is 0.569. The van der Waals surface area contributed by atoms with Gasteiger partial charge in [0.25, 0.3) is 0 Å². The number of hydrogen-bond acceptors (Lipinski definition) is 2. The number of likely N-dealkylation sites (N-methyl/N-ethyl adjacent to an activating group) is 1. The summed E-state index contributed by atoms with van der Waals surface area (Å²) in [5.74, 6) is 0.962. The topological polar surface area (TPSA) is 21.3 Å². The summed E-state index contributed by atoms with van der Waals surface area (Å²) < 4.78 is 9.35. The molecule has 0 bridgehead atoms. The molecular formula is C12H14I3NO. The highest BCUT2D eigenvalue weighted by Crippen LogP contribution is 2.29. The lowest BCUT2D eigenvalue weighted by molar-refractivity contribution is 0.343. The van der Waals surface area contributed by atoms with Crippen molar-refractivity contribution in [3.8, 4) is 5.75 Å². The zero-order valence-corrected chi connectivity index (χ0v) is 16.0. The molecule has 0 saturated carbocycles. The van der Waals surface area contributed by atoms with E-state index in [0.29, 0.717) is 6.61 Å². The van der Waals surface area contributed by atoms with E-state index in [-0.39, 0.29) is 0 Å². The summed E-state index contributed by atoms with van der Waals surface area (Å²) in [6.07, 6.45) is 0. The van der Waals surface area contributed by atoms with Gasteiger partial charge >= 0.3 is 0 Å². The quantitative estimate of drug-likeness (QED) is 0.413. The zero-order chi connectivity index (χ0) is 12.8. The molecule has 17 heavy (non-hydrogen) atoms. The average Bonchev–Trinajstić information content (AvgIpc) is 2.24. The highest BCUT2D eigenvalue weighted by Gasteiger charge is 2.08. The fraction of sp³-hybridized carbons (Fsp3) is 0.333. The van der Waals surface area contributed by atoms with Gasteiger partial charge in [0, 0.05) is 10.1 Å². The van der Waals surface area contributed by atoms with Gasteiger partial charge in [-0.05, 0) is 92.0 Å². The van der Waals surface area contributed by atoms with Gasteiger partial charge in [-0.15, -0.1) is 0 Å². The average molecular weight is 569 g/mol. The second-order valence-electron chi connectivity index (χ2n) is 3.52. The summed E-state index contributed by atoms with van der Waals surface area (Å²) in [4.78, 5) is 0. The largest absolute Gasteiger partial charge is 0.487 e. The summed E-state index contributed by atoms with van der Waals surface area (Å²) in [7, 11) is 0. The Morgan fingerprint density at radius 3 is 2.41 bits per heavy atom. The van der Waals surface area contributed by atoms with Gasteiger partial charge in [-0.2, -0.15) is 0 Å². The molecule has 0 atom stereocenters. The van der Waals surface area contributed by atoms with Crippen molar-refractivity contribution in [1.82, 2.24) is 5.32 Å². The van der Waals surface area contributed by atoms with Crippen molar-refractivity contribution < 1.29 is 4.74 Å². The Bertz CT molecular complexity index is 384. The fourth-order valence-corrected chi connectivity index (χ4v) is 5.09. The normalized spacial score (nSPS) is 10.4. The van der Waals surface area contributed by atoms with Crippen LogP contribution in [-0.2, 0) is 0 Å². The highest BCUT2D eigenvalue weighted by molar-refractivity contribution is 14.1. The molecule has 0 heterocycles. The zero-order valence-electron chi connectivity index (χ0n) is 9.53. The molecule has 1 rings (SSSR count). The first-order valence-electron chi connectivity index (χ1n) is 5.19. The van der Waals surface area contributed by atoms with Crippen molar-refractivity contribution in [1.29, 1.82) is 0 Å². The van der Waals surface area contributed by atoms with E-state index >= 15 is 0 Å². The Kier molecular flexibility index (Phi) is 7.66. The second kappa shape index (κ2) is 8.16. The van der Waals surface area contributed by atoms with Crippen molar-refractivity contribution in [2.24, 2.45) is 0 Å². The van der Waals surface area contributed by atoms with Crippen LogP contribution in [0.2, 0.25) is 0 Å². The number of halogens is 3. The smallest absolute Gasteiger partial charge is 0.146 e. The van der Waals surface area contributed by atoms with Gasteiger partial charge in [0.2, 0.25) is 0 Å². The minimum absolute atomic E-state index is 0.569. The maximum absolute atomic E-state index is 5.82. The molecule has 0 aliphatic rings. The van der Waals surface area contributed by atoms with Crippen LogP contribution in [0.3, 0.4) is 0 Å². The first-order chi connectivity index (χ1) is 8.04. The van der Waals surface area contributed by atoms with Crippen molar-refractivity contribution in [2.45, 2.75) is 6.92 Å². The second-order valence-corrected chi connectivity index (χ2v) is 7.09. The van der Waals surface area contributed by atoms with E-state index in [4.69, 9.17) is 4.74 Å². The van der Waals surface area contributed by atoms with E-state index < -0.39 is 0 Å². The molecule has 2 nitrogen and oxygen atoms in total. The van der Waals surface area contributed by atoms with Crippen LogP contribution in [0, 0.1) is 10.7 Å². The van der Waals surface area contributed by atoms with Gasteiger partial charge in [0.15, 0.2) is 0 Å². The number of hydrogen-bond donors (Lipinski definition) is 1. The third-order valence-electron chi connectivity index (χ3n) is 2.01. The fourth-order valence-electron chi connectivity index (χ4n) is 1.19. The van der Waals surface area contributed by atoms with Crippen molar-refractivity contribution in [2.75, 3.05) is 19.7 Å². The molecule has 0 aromatic heterocycles. The van der Waals surface area contributed by atoms with Gasteiger partial charge < -0.3 is 10.1 Å². The molecule has 0 radical (unpaired) electrons. The van der Waals surface area contributed by atoms with Crippen molar-refractivity contribution >= 4 is 67.8 Å². The van der Waals surface area contributed by atoms with Crippen LogP contribution in [0.1, 0.15) is 6.92 Å². The lowest BCUT2D eigenvalue weighted by Crippen LogP contribution is -2.19. The number of rotatable bonds is 6. The van der Waals surface area contributed by atoms with Gasteiger partial charge in [-0.1, -0.05) is 13.5 Å². The Balaban J connectivity index is 2.60. The molecule has 0 amide bonds. The monoisotopic (exact) mass is 569 g/mol. The van der Waals surface area contributed by atoms with Crippen LogP contribution in [0.25, 0.3) is 0 Å². The lowest BCUT2D eigenvalue weighted by atomic mass is 10.3. The van der Waals surface area contributed by atoms with Crippen LogP contribution < -0.4 is 10.1 Å². The first-order valence-corrected chi connectivity index (χ1v) is 8.43. The predicted molar refractivity (Wildman–Crippen MR) is 97.8 cm³/mol. The molecule has 1 aromatic carbocycles. The molecular weight excluding hydrogens is 555 g/mol. The van der Waals surface area contributed by atoms with E-state index in [2.05, 4.69) is 98.7 Å². The van der Waals surface area contributed by atoms with Crippen LogP contribution >= 0.6 is 67.8 Å². The highest BCUT2D eigenvalue weighted by atomic mass is 127. The van der Waals surface area contributed by atoms with Gasteiger partial charge in [-0.3, -0.25) is 0 Å². The molecule has 0 aliphatic heterocycles. The molecule has 0 spiro atoms. The van der Waals surface area contributed by atoms with Crippen LogP contribution in [-0.4, -0.2) is 19.7 Å². The first kappa shape index (κ1) is 16.0. The molecule has 94 valence electrons. The minimum Gasteiger partial charge on any atom is -0.487 e. The molecule has 1 aromatic rings. The standard InChI is InChI=1S/C12H14I3NO/c1-3-16-6-8(2)7-17-12-10(14)4-9(13)5-11(12)15/h4-5,16H,2-3,6-7H2,1H3. The number of ether oxygens (including phenoxy) is 1. The number of nitrogens with one attached hydrogen (secondary N) is 1. The van der Waals surface area contributed by atoms with E-state index in [0.717, 1.165) is 31.6 Å². The van der Waals surface area contributed by atoms with Crippen molar-refractivity contribution in [3.63, 3.8) is 0 Å². The Morgan fingerprint density at radius 1 is 1.29 bits per heavy atom. The SMILES string of the molecule is C=C(CNCC)COc1c(I)cc(I)cc1I. The van der Waals surface area contributed by atoms with Gasteiger partial charge in [0.05, 0.1) is 7.14 Å². The van der Waals surface area contributed by atoms with Gasteiger partial charge in [0.1, 0.15) is 12.4 Å². The van der Waals surface area contributed by atoms with Crippen LogP contribution in [0.4, 0.5) is 0 Å².